The summed E-state index contributed by atoms with van der Waals surface area (Å²) in [6, 6.07) is 12.6. The topological polar surface area (TPSA) is 29.5 Å². The van der Waals surface area contributed by atoms with Gasteiger partial charge in [0.25, 0.3) is 5.91 Å². The molecule has 3 nitrogen and oxygen atoms in total. The minimum Gasteiger partial charge on any atom is -0.483 e. The first-order chi connectivity index (χ1) is 11.2. The van der Waals surface area contributed by atoms with Gasteiger partial charge in [-0.1, -0.05) is 37.3 Å². The molecule has 120 valence electrons. The molecule has 2 aromatic rings. The number of carbonyl (C=O) groups excluding carboxylic acids is 1. The Balaban J connectivity index is 1.75. The molecule has 1 heterocycles. The second-order valence-electron chi connectivity index (χ2n) is 5.65. The van der Waals surface area contributed by atoms with Gasteiger partial charge in [-0.15, -0.1) is 0 Å². The van der Waals surface area contributed by atoms with Crippen LogP contribution < -0.4 is 9.64 Å². The summed E-state index contributed by atoms with van der Waals surface area (Å²) in [5, 5.41) is 0. The fourth-order valence-electron chi connectivity index (χ4n) is 3.01. The minimum atomic E-state index is -0.343. The second-order valence-corrected chi connectivity index (χ2v) is 5.65. The Hall–Kier alpha value is -2.36. The van der Waals surface area contributed by atoms with Crippen molar-refractivity contribution in [2.75, 3.05) is 18.1 Å². The fourth-order valence-corrected chi connectivity index (χ4v) is 3.01. The summed E-state index contributed by atoms with van der Waals surface area (Å²) in [5.41, 5.74) is 2.36. The lowest BCUT2D eigenvalue weighted by Crippen LogP contribution is -2.39. The molecule has 1 aliphatic heterocycles. The molecule has 4 heteroatoms. The van der Waals surface area contributed by atoms with Crippen LogP contribution in [0.15, 0.2) is 42.5 Å². The number of benzene rings is 2. The number of ether oxygens (including phenoxy) is 1. The van der Waals surface area contributed by atoms with E-state index in [-0.39, 0.29) is 18.3 Å². The van der Waals surface area contributed by atoms with Gasteiger partial charge in [-0.05, 0) is 42.5 Å². The lowest BCUT2D eigenvalue weighted by molar-refractivity contribution is -0.120. The van der Waals surface area contributed by atoms with Crippen molar-refractivity contribution >= 4 is 11.6 Å². The van der Waals surface area contributed by atoms with Crippen LogP contribution in [0.3, 0.4) is 0 Å². The van der Waals surface area contributed by atoms with E-state index in [9.17, 15) is 9.18 Å². The molecule has 1 aliphatic rings. The number of halogens is 1. The summed E-state index contributed by atoms with van der Waals surface area (Å²) in [5.74, 6) is 0.167. The summed E-state index contributed by atoms with van der Waals surface area (Å²) in [6.07, 6.45) is 2.48. The zero-order valence-electron chi connectivity index (χ0n) is 13.2. The molecule has 2 aromatic carbocycles. The van der Waals surface area contributed by atoms with E-state index in [1.54, 1.807) is 6.07 Å². The summed E-state index contributed by atoms with van der Waals surface area (Å²) in [6.45, 7) is 2.50. The number of anilines is 1. The maximum absolute atomic E-state index is 14.1. The highest BCUT2D eigenvalue weighted by Crippen LogP contribution is 2.30. The monoisotopic (exact) mass is 313 g/mol. The van der Waals surface area contributed by atoms with Crippen LogP contribution in [0.5, 0.6) is 5.75 Å². The zero-order chi connectivity index (χ0) is 16.2. The molecule has 0 aliphatic carbocycles. The smallest absolute Gasteiger partial charge is 0.265 e. The van der Waals surface area contributed by atoms with Gasteiger partial charge in [-0.25, -0.2) is 4.39 Å². The standard InChI is InChI=1S/C19H20FNO2/c1-2-14-7-3-4-11-17(14)23-13-18(22)21-12-6-9-15-8-5-10-16(20)19(15)21/h3-5,7-8,10-11H,2,6,9,12-13H2,1H3. The van der Waals surface area contributed by atoms with E-state index >= 15 is 0 Å². The number of carbonyl (C=O) groups is 1. The van der Waals surface area contributed by atoms with Crippen molar-refractivity contribution in [3.8, 4) is 5.75 Å². The van der Waals surface area contributed by atoms with E-state index in [4.69, 9.17) is 4.74 Å². The molecule has 0 N–H and O–H groups in total. The van der Waals surface area contributed by atoms with Crippen molar-refractivity contribution in [1.82, 2.24) is 0 Å². The van der Waals surface area contributed by atoms with Gasteiger partial charge < -0.3 is 9.64 Å². The fraction of sp³-hybridized carbons (Fsp3) is 0.316. The van der Waals surface area contributed by atoms with Gasteiger partial charge in [0.1, 0.15) is 11.6 Å². The number of nitrogens with zero attached hydrogens (tertiary/aromatic N) is 1. The predicted molar refractivity (Wildman–Crippen MR) is 88.4 cm³/mol. The first-order valence-electron chi connectivity index (χ1n) is 7.99. The van der Waals surface area contributed by atoms with E-state index in [1.165, 1.54) is 11.0 Å². The van der Waals surface area contributed by atoms with Crippen LogP contribution in [0.1, 0.15) is 24.5 Å². The van der Waals surface area contributed by atoms with Crippen LogP contribution in [0, 0.1) is 5.82 Å². The van der Waals surface area contributed by atoms with Gasteiger partial charge in [0, 0.05) is 6.54 Å². The van der Waals surface area contributed by atoms with Crippen LogP contribution >= 0.6 is 0 Å². The number of fused-ring (bicyclic) bond motifs is 1. The zero-order valence-corrected chi connectivity index (χ0v) is 13.2. The number of aryl methyl sites for hydroxylation is 2. The average molecular weight is 313 g/mol. The molecule has 23 heavy (non-hydrogen) atoms. The van der Waals surface area contributed by atoms with Gasteiger partial charge in [-0.3, -0.25) is 4.79 Å². The van der Waals surface area contributed by atoms with Gasteiger partial charge in [-0.2, -0.15) is 0 Å². The Morgan fingerprint density at radius 2 is 2.04 bits per heavy atom. The lowest BCUT2D eigenvalue weighted by atomic mass is 10.0. The molecule has 3 rings (SSSR count). The Bertz CT molecular complexity index is 714. The molecule has 1 amide bonds. The van der Waals surface area contributed by atoms with Gasteiger partial charge in [0.2, 0.25) is 0 Å². The van der Waals surface area contributed by atoms with E-state index < -0.39 is 0 Å². The molecule has 0 saturated carbocycles. The number of para-hydroxylation sites is 2. The summed E-state index contributed by atoms with van der Waals surface area (Å²) < 4.78 is 19.8. The van der Waals surface area contributed by atoms with Crippen molar-refractivity contribution in [1.29, 1.82) is 0 Å². The molecule has 0 bridgehead atoms. The van der Waals surface area contributed by atoms with Gasteiger partial charge in [0.05, 0.1) is 5.69 Å². The molecule has 0 fully saturated rings. The average Bonchev–Trinajstić information content (AvgIpc) is 2.59. The normalized spacial score (nSPS) is 13.6. The third kappa shape index (κ3) is 3.21. The quantitative estimate of drug-likeness (QED) is 0.860. The van der Waals surface area contributed by atoms with Crippen LogP contribution in [0.2, 0.25) is 0 Å². The highest BCUT2D eigenvalue weighted by molar-refractivity contribution is 5.95. The van der Waals surface area contributed by atoms with Crippen molar-refractivity contribution in [3.05, 3.63) is 59.4 Å². The SMILES string of the molecule is CCc1ccccc1OCC(=O)N1CCCc2cccc(F)c21. The minimum absolute atomic E-state index is 0.0786. The molecule has 0 saturated heterocycles. The van der Waals surface area contributed by atoms with Crippen LogP contribution in [-0.4, -0.2) is 19.1 Å². The first-order valence-corrected chi connectivity index (χ1v) is 7.99. The van der Waals surface area contributed by atoms with E-state index in [2.05, 4.69) is 0 Å². The molecule has 0 atom stereocenters. The van der Waals surface area contributed by atoms with Crippen molar-refractivity contribution in [2.24, 2.45) is 0 Å². The van der Waals surface area contributed by atoms with Gasteiger partial charge in [0.15, 0.2) is 6.61 Å². The summed E-state index contributed by atoms with van der Waals surface area (Å²) >= 11 is 0. The van der Waals surface area contributed by atoms with Crippen molar-refractivity contribution < 1.29 is 13.9 Å². The lowest BCUT2D eigenvalue weighted by Gasteiger charge is -2.29. The molecule has 0 spiro atoms. The third-order valence-electron chi connectivity index (χ3n) is 4.17. The van der Waals surface area contributed by atoms with Crippen LogP contribution in [-0.2, 0) is 17.6 Å². The Kier molecular flexibility index (Phi) is 4.60. The van der Waals surface area contributed by atoms with Crippen molar-refractivity contribution in [2.45, 2.75) is 26.2 Å². The number of rotatable bonds is 4. The molecular weight excluding hydrogens is 293 g/mol. The third-order valence-corrected chi connectivity index (χ3v) is 4.17. The molecule has 0 aromatic heterocycles. The highest BCUT2D eigenvalue weighted by atomic mass is 19.1. The molecular formula is C19H20FNO2. The highest BCUT2D eigenvalue weighted by Gasteiger charge is 2.25. The van der Waals surface area contributed by atoms with Crippen LogP contribution in [0.4, 0.5) is 10.1 Å². The Morgan fingerprint density at radius 3 is 2.87 bits per heavy atom. The van der Waals surface area contributed by atoms with E-state index in [0.717, 1.165) is 30.4 Å². The predicted octanol–water partition coefficient (Wildman–Crippen LogP) is 3.75. The number of hydrogen-bond acceptors (Lipinski definition) is 2. The molecule has 0 radical (unpaired) electrons. The summed E-state index contributed by atoms with van der Waals surface area (Å²) in [7, 11) is 0. The number of hydrogen-bond donors (Lipinski definition) is 0. The Labute approximate surface area is 135 Å². The first kappa shape index (κ1) is 15.5. The number of amides is 1. The maximum Gasteiger partial charge on any atom is 0.265 e. The largest absolute Gasteiger partial charge is 0.483 e. The second kappa shape index (κ2) is 6.82. The Morgan fingerprint density at radius 1 is 1.22 bits per heavy atom. The maximum atomic E-state index is 14.1. The van der Waals surface area contributed by atoms with Gasteiger partial charge >= 0.3 is 0 Å². The van der Waals surface area contributed by atoms with Crippen molar-refractivity contribution in [3.63, 3.8) is 0 Å². The van der Waals surface area contributed by atoms with E-state index in [1.807, 2.05) is 37.3 Å². The van der Waals surface area contributed by atoms with Crippen LogP contribution in [0.25, 0.3) is 0 Å². The van der Waals surface area contributed by atoms with E-state index in [0.29, 0.717) is 18.0 Å². The molecule has 0 unspecified atom stereocenters. The summed E-state index contributed by atoms with van der Waals surface area (Å²) in [4.78, 5) is 14.0.